The van der Waals surface area contributed by atoms with Crippen molar-refractivity contribution < 1.29 is 54.2 Å². The number of phosphoric ester groups is 1. The van der Waals surface area contributed by atoms with Crippen LogP contribution in [0, 0.1) is 12.5 Å². The lowest BCUT2D eigenvalue weighted by molar-refractivity contribution is -0.0518. The second-order valence-corrected chi connectivity index (χ2v) is 17.6. The van der Waals surface area contributed by atoms with Crippen molar-refractivity contribution in [2.24, 2.45) is 5.92 Å². The number of rotatable bonds is 9. The standard InChI is InChI=1S/C38H36FN12O11PS/c1-21-25-16-58-63(54,57-14-13-40-2)61-30-24(59-37(26(30)39)50-19-45-27-31(41-17-43-33(27)50)48-35(52)22-9-5-3-6-10-22)15-47-64(55,56)62-29(21)38(60-25)51-20-46-28-32(42-18-44-34(28)51)49-36(53)23-11-7-4-8-12-23/h3-12,17-21,24-26,29-30,37-38,47H,13-16H2,1H3,(H,41,43,48,52)(H,42,44,49,53)/t21-,24-,25-,26-,29-,30-,37-,38-,63?/m1/s1. The average molecular weight is 919 g/mol. The van der Waals surface area contributed by atoms with Gasteiger partial charge in [0.05, 0.1) is 25.4 Å². The molecular weight excluding hydrogens is 883 g/mol. The lowest BCUT2D eigenvalue weighted by atomic mass is 10.0. The van der Waals surface area contributed by atoms with Gasteiger partial charge in [0.2, 0.25) is 6.54 Å². The number of nitrogens with zero attached hydrogens (tertiary/aromatic N) is 9. The molecule has 0 aliphatic carbocycles. The van der Waals surface area contributed by atoms with E-state index in [1.54, 1.807) is 67.6 Å². The summed E-state index contributed by atoms with van der Waals surface area (Å²) in [5.74, 6) is -1.70. The average Bonchev–Trinajstić information content (AvgIpc) is 4.07. The molecule has 3 fully saturated rings. The summed E-state index contributed by atoms with van der Waals surface area (Å²) in [6, 6.07) is 16.7. The number of hydrogen-bond acceptors (Lipinski definition) is 17. The first-order valence-electron chi connectivity index (χ1n) is 19.5. The van der Waals surface area contributed by atoms with Crippen molar-refractivity contribution in [3.8, 4) is 0 Å². The van der Waals surface area contributed by atoms with Crippen LogP contribution in [0.25, 0.3) is 27.2 Å². The summed E-state index contributed by atoms with van der Waals surface area (Å²) in [6.07, 6.45) is -6.01. The normalized spacial score (nSPS) is 28.0. The highest BCUT2D eigenvalue weighted by molar-refractivity contribution is 7.84. The molecule has 0 saturated carbocycles. The molecule has 7 heterocycles. The van der Waals surface area contributed by atoms with E-state index in [-0.39, 0.29) is 40.5 Å². The highest BCUT2D eigenvalue weighted by Gasteiger charge is 2.53. The van der Waals surface area contributed by atoms with Gasteiger partial charge in [-0.2, -0.15) is 13.1 Å². The molecular formula is C38H36FN12O11PS. The molecule has 2 aromatic carbocycles. The van der Waals surface area contributed by atoms with Crippen LogP contribution < -0.4 is 15.4 Å². The molecule has 0 spiro atoms. The van der Waals surface area contributed by atoms with Gasteiger partial charge in [-0.25, -0.2) is 49.6 Å². The number of imidazole rings is 2. The molecule has 3 aliphatic rings. The first-order chi connectivity index (χ1) is 30.9. The van der Waals surface area contributed by atoms with Crippen molar-refractivity contribution >= 4 is 63.9 Å². The number of ether oxygens (including phenoxy) is 2. The van der Waals surface area contributed by atoms with E-state index < -0.39 is 98.7 Å². The van der Waals surface area contributed by atoms with Crippen molar-refractivity contribution in [2.75, 3.05) is 36.9 Å². The minimum absolute atomic E-state index is 0.0108. The summed E-state index contributed by atoms with van der Waals surface area (Å²) in [6.45, 7) is 6.87. The molecule has 23 nitrogen and oxygen atoms in total. The number of halogens is 1. The van der Waals surface area contributed by atoms with E-state index >= 15 is 4.39 Å². The summed E-state index contributed by atoms with van der Waals surface area (Å²) in [7, 11) is -9.55. The van der Waals surface area contributed by atoms with Crippen LogP contribution in [0.15, 0.2) is 86.0 Å². The van der Waals surface area contributed by atoms with Crippen molar-refractivity contribution in [2.45, 2.75) is 50.0 Å². The second kappa shape index (κ2) is 17.8. The Labute approximate surface area is 362 Å². The minimum atomic E-state index is -4.82. The molecule has 6 aromatic rings. The van der Waals surface area contributed by atoms with Gasteiger partial charge in [0, 0.05) is 23.6 Å². The van der Waals surface area contributed by atoms with Gasteiger partial charge in [0.1, 0.15) is 37.6 Å². The van der Waals surface area contributed by atoms with E-state index in [2.05, 4.69) is 50.1 Å². The van der Waals surface area contributed by atoms with Crippen molar-refractivity contribution in [1.29, 1.82) is 0 Å². The van der Waals surface area contributed by atoms with Crippen LogP contribution in [0.1, 0.15) is 40.1 Å². The number of carbonyl (C=O) groups is 2. The Bertz CT molecular complexity index is 2910. The number of nitrogens with one attached hydrogen (secondary N) is 3. The Kier molecular flexibility index (Phi) is 11.9. The highest BCUT2D eigenvalue weighted by Crippen LogP contribution is 2.55. The van der Waals surface area contributed by atoms with Gasteiger partial charge in [0.15, 0.2) is 52.6 Å². The quantitative estimate of drug-likeness (QED) is 0.106. The molecule has 64 heavy (non-hydrogen) atoms. The maximum atomic E-state index is 16.8. The number of aromatic nitrogens is 8. The number of hydrogen-bond donors (Lipinski definition) is 3. The fraction of sp³-hybridized carbons (Fsp3) is 0.342. The monoisotopic (exact) mass is 918 g/mol. The Morgan fingerprint density at radius 2 is 1.42 bits per heavy atom. The number of anilines is 2. The fourth-order valence-corrected chi connectivity index (χ4v) is 9.76. The fourth-order valence-electron chi connectivity index (χ4n) is 7.38. The van der Waals surface area contributed by atoms with Crippen LogP contribution in [-0.4, -0.2) is 116 Å². The third-order valence-electron chi connectivity index (χ3n) is 10.6. The Hall–Kier alpha value is -6.20. The third kappa shape index (κ3) is 8.57. The maximum absolute atomic E-state index is 16.8. The predicted octanol–water partition coefficient (Wildman–Crippen LogP) is 3.62. The summed E-state index contributed by atoms with van der Waals surface area (Å²) in [4.78, 5) is 54.7. The van der Waals surface area contributed by atoms with Gasteiger partial charge < -0.3 is 25.0 Å². The largest absolute Gasteiger partial charge is 0.475 e. The van der Waals surface area contributed by atoms with Gasteiger partial charge in [0.25, 0.3) is 11.8 Å². The van der Waals surface area contributed by atoms with Gasteiger partial charge in [-0.05, 0) is 24.3 Å². The zero-order chi connectivity index (χ0) is 44.6. The van der Waals surface area contributed by atoms with Crippen LogP contribution >= 0.6 is 7.82 Å². The van der Waals surface area contributed by atoms with Crippen LogP contribution in [0.3, 0.4) is 0 Å². The van der Waals surface area contributed by atoms with Gasteiger partial charge in [-0.15, -0.1) is 0 Å². The number of amides is 2. The molecule has 3 saturated heterocycles. The van der Waals surface area contributed by atoms with Crippen LogP contribution in [0.5, 0.6) is 0 Å². The summed E-state index contributed by atoms with van der Waals surface area (Å²) in [5.41, 5.74) is 1.07. The molecule has 3 aliphatic heterocycles. The first kappa shape index (κ1) is 43.1. The summed E-state index contributed by atoms with van der Waals surface area (Å²) in [5, 5.41) is 5.38. The Morgan fingerprint density at radius 1 is 0.859 bits per heavy atom. The van der Waals surface area contributed by atoms with E-state index in [0.717, 1.165) is 6.33 Å². The number of alkyl halides is 1. The predicted molar refractivity (Wildman–Crippen MR) is 219 cm³/mol. The molecule has 9 atom stereocenters. The molecule has 0 radical (unpaired) electrons. The van der Waals surface area contributed by atoms with E-state index in [9.17, 15) is 22.6 Å². The zero-order valence-electron chi connectivity index (χ0n) is 33.3. The topological polar surface area (TPSA) is 268 Å². The third-order valence-corrected chi connectivity index (χ3v) is 13.0. The van der Waals surface area contributed by atoms with Crippen LogP contribution in [0.2, 0.25) is 0 Å². The summed E-state index contributed by atoms with van der Waals surface area (Å²) < 4.78 is 99.0. The maximum Gasteiger partial charge on any atom is 0.475 e. The number of benzene rings is 2. The van der Waals surface area contributed by atoms with Crippen molar-refractivity contribution in [1.82, 2.24) is 43.8 Å². The number of fused-ring (bicyclic) bond motifs is 5. The molecule has 9 rings (SSSR count). The lowest BCUT2D eigenvalue weighted by Gasteiger charge is -2.26. The number of phosphoric acid groups is 1. The van der Waals surface area contributed by atoms with Crippen molar-refractivity contribution in [3.05, 3.63) is 109 Å². The Balaban J connectivity index is 1.00. The molecule has 2 amide bonds. The second-order valence-electron chi connectivity index (χ2n) is 14.6. The minimum Gasteiger partial charge on any atom is -0.349 e. The molecule has 4 aromatic heterocycles. The molecule has 3 N–H and O–H groups in total. The van der Waals surface area contributed by atoms with Crippen molar-refractivity contribution in [3.63, 3.8) is 0 Å². The first-order valence-corrected chi connectivity index (χ1v) is 22.4. The van der Waals surface area contributed by atoms with E-state index in [1.165, 1.54) is 28.1 Å². The number of carbonyl (C=O) groups excluding carboxylic acids is 2. The van der Waals surface area contributed by atoms with Crippen LogP contribution in [-0.2, 0) is 42.1 Å². The van der Waals surface area contributed by atoms with Crippen LogP contribution in [0.4, 0.5) is 16.0 Å². The SMILES string of the molecule is [C-]#[N+]CCOP1(=O)OC[C@H]2O[C@@H](n3cnc4c(NC(=O)c5ccccc5)ncnc43)[C@H](OS(=O)(=O)NC[C@H]3O[C@@H](n4cnc5c(NC(=O)c6ccccc6)ncnc54)[C@H](F)[C@@H]3O1)[C@@H]2C. The molecule has 332 valence electrons. The molecule has 26 heteroatoms. The summed E-state index contributed by atoms with van der Waals surface area (Å²) >= 11 is 0. The molecule has 2 bridgehead atoms. The van der Waals surface area contributed by atoms with Gasteiger partial charge in [-0.1, -0.05) is 43.3 Å². The van der Waals surface area contributed by atoms with Gasteiger partial charge >= 0.3 is 18.1 Å². The smallest absolute Gasteiger partial charge is 0.349 e. The Morgan fingerprint density at radius 3 is 2.00 bits per heavy atom. The van der Waals surface area contributed by atoms with Gasteiger partial charge in [-0.3, -0.25) is 32.3 Å². The lowest BCUT2D eigenvalue weighted by Crippen LogP contribution is -2.42. The zero-order valence-corrected chi connectivity index (χ0v) is 35.0. The molecule has 1 unspecified atom stereocenters. The van der Waals surface area contributed by atoms with E-state index in [0.29, 0.717) is 11.1 Å². The van der Waals surface area contributed by atoms with E-state index in [4.69, 9.17) is 33.8 Å². The van der Waals surface area contributed by atoms with E-state index in [1.807, 2.05) is 0 Å². The highest BCUT2D eigenvalue weighted by atomic mass is 32.2.